The average molecular weight is 300 g/mol. The number of amides is 2. The number of hydrogen-bond acceptors (Lipinski definition) is 2. The zero-order valence-corrected chi connectivity index (χ0v) is 13.4. The van der Waals surface area contributed by atoms with Crippen LogP contribution in [0.4, 0.5) is 0 Å². The molecule has 4 nitrogen and oxygen atoms in total. The van der Waals surface area contributed by atoms with E-state index in [1.54, 1.807) is 0 Å². The third-order valence-electron chi connectivity index (χ3n) is 4.45. The Morgan fingerprint density at radius 1 is 1.36 bits per heavy atom. The molecule has 0 unspecified atom stereocenters. The van der Waals surface area contributed by atoms with Crippen molar-refractivity contribution in [1.29, 1.82) is 0 Å². The molecule has 0 atom stereocenters. The highest BCUT2D eigenvalue weighted by Crippen LogP contribution is 2.30. The van der Waals surface area contributed by atoms with Crippen molar-refractivity contribution in [3.05, 3.63) is 35.4 Å². The summed E-state index contributed by atoms with van der Waals surface area (Å²) in [7, 11) is 0. The predicted octanol–water partition coefficient (Wildman–Crippen LogP) is 2.82. The molecule has 2 amide bonds. The van der Waals surface area contributed by atoms with Gasteiger partial charge in [-0.15, -0.1) is 0 Å². The predicted molar refractivity (Wildman–Crippen MR) is 85.4 cm³/mol. The Morgan fingerprint density at radius 2 is 2.14 bits per heavy atom. The highest BCUT2D eigenvalue weighted by atomic mass is 16.2. The maximum atomic E-state index is 12.8. The molecule has 0 N–H and O–H groups in total. The number of likely N-dealkylation sites (tertiary alicyclic amines) is 1. The molecule has 1 aliphatic heterocycles. The quantitative estimate of drug-likeness (QED) is 0.839. The molecule has 1 saturated heterocycles. The van der Waals surface area contributed by atoms with Crippen molar-refractivity contribution < 1.29 is 9.59 Å². The van der Waals surface area contributed by atoms with E-state index in [0.717, 1.165) is 36.9 Å². The van der Waals surface area contributed by atoms with Gasteiger partial charge in [-0.25, -0.2) is 0 Å². The monoisotopic (exact) mass is 300 g/mol. The van der Waals surface area contributed by atoms with Crippen molar-refractivity contribution in [2.24, 2.45) is 0 Å². The topological polar surface area (TPSA) is 40.6 Å². The van der Waals surface area contributed by atoms with Gasteiger partial charge in [-0.05, 0) is 50.8 Å². The molecule has 1 aliphatic carbocycles. The summed E-state index contributed by atoms with van der Waals surface area (Å²) in [6, 6.07) is 8.40. The number of hydrogen-bond donors (Lipinski definition) is 0. The van der Waals surface area contributed by atoms with Crippen molar-refractivity contribution in [2.45, 2.75) is 58.2 Å². The van der Waals surface area contributed by atoms with Crippen molar-refractivity contribution in [3.63, 3.8) is 0 Å². The Labute approximate surface area is 132 Å². The molecule has 1 aromatic rings. The van der Waals surface area contributed by atoms with Crippen LogP contribution in [0.25, 0.3) is 0 Å². The second-order valence-electron chi connectivity index (χ2n) is 6.66. The van der Waals surface area contributed by atoms with Gasteiger partial charge in [0.15, 0.2) is 0 Å². The summed E-state index contributed by atoms with van der Waals surface area (Å²) in [6.45, 7) is 5.59. The Kier molecular flexibility index (Phi) is 4.19. The molecule has 0 aromatic heterocycles. The van der Waals surface area contributed by atoms with E-state index in [4.69, 9.17) is 0 Å². The van der Waals surface area contributed by atoms with Gasteiger partial charge in [0.05, 0.1) is 0 Å². The summed E-state index contributed by atoms with van der Waals surface area (Å²) in [4.78, 5) is 28.4. The first-order chi connectivity index (χ1) is 10.6. The summed E-state index contributed by atoms with van der Waals surface area (Å²) in [5, 5.41) is 0. The molecule has 118 valence electrons. The molecule has 1 aromatic carbocycles. The molecule has 2 fully saturated rings. The normalized spacial score (nSPS) is 18.1. The lowest BCUT2D eigenvalue weighted by atomic mass is 10.1. The first kappa shape index (κ1) is 15.1. The van der Waals surface area contributed by atoms with E-state index in [9.17, 15) is 9.59 Å². The highest BCUT2D eigenvalue weighted by Gasteiger charge is 2.34. The van der Waals surface area contributed by atoms with Crippen LogP contribution in [-0.4, -0.2) is 40.2 Å². The molecule has 1 heterocycles. The van der Waals surface area contributed by atoms with Gasteiger partial charge in [0.1, 0.15) is 0 Å². The van der Waals surface area contributed by atoms with E-state index < -0.39 is 0 Å². The zero-order valence-electron chi connectivity index (χ0n) is 13.4. The van der Waals surface area contributed by atoms with E-state index in [0.29, 0.717) is 19.0 Å². The maximum Gasteiger partial charge on any atom is 0.254 e. The smallest absolute Gasteiger partial charge is 0.254 e. The van der Waals surface area contributed by atoms with Crippen molar-refractivity contribution in [3.8, 4) is 0 Å². The third kappa shape index (κ3) is 3.16. The standard InChI is InChI=1S/C18H24N2O2/c1-13(2)20(16-8-9-16)18(22)15-6-3-5-14(11-15)12-19-10-4-7-17(19)21/h3,5-6,11,13,16H,4,7-10,12H2,1-2H3. The van der Waals surface area contributed by atoms with Gasteiger partial charge in [-0.2, -0.15) is 0 Å². The van der Waals surface area contributed by atoms with Gasteiger partial charge in [-0.3, -0.25) is 9.59 Å². The van der Waals surface area contributed by atoms with Crippen LogP contribution in [0.2, 0.25) is 0 Å². The number of carbonyl (C=O) groups excluding carboxylic acids is 2. The molecule has 4 heteroatoms. The summed E-state index contributed by atoms with van der Waals surface area (Å²) in [5.41, 5.74) is 1.78. The molecule has 2 aliphatic rings. The number of carbonyl (C=O) groups is 2. The lowest BCUT2D eigenvalue weighted by Gasteiger charge is -2.27. The Balaban J connectivity index is 1.75. The SMILES string of the molecule is CC(C)N(C(=O)c1cccc(CN2CCCC2=O)c1)C1CC1. The summed E-state index contributed by atoms with van der Waals surface area (Å²) in [6.07, 6.45) is 3.83. The van der Waals surface area contributed by atoms with Crippen LogP contribution in [-0.2, 0) is 11.3 Å². The first-order valence-corrected chi connectivity index (χ1v) is 8.25. The van der Waals surface area contributed by atoms with E-state index in [2.05, 4.69) is 13.8 Å². The van der Waals surface area contributed by atoms with Gasteiger partial charge in [0, 0.05) is 37.2 Å². The summed E-state index contributed by atoms with van der Waals surface area (Å²) < 4.78 is 0. The number of nitrogens with zero attached hydrogens (tertiary/aromatic N) is 2. The van der Waals surface area contributed by atoms with E-state index in [1.807, 2.05) is 34.1 Å². The van der Waals surface area contributed by atoms with Gasteiger partial charge >= 0.3 is 0 Å². The fourth-order valence-electron chi connectivity index (χ4n) is 3.22. The molecule has 0 bridgehead atoms. The van der Waals surface area contributed by atoms with Crippen LogP contribution < -0.4 is 0 Å². The second-order valence-corrected chi connectivity index (χ2v) is 6.66. The average Bonchev–Trinajstić information content (AvgIpc) is 3.23. The Morgan fingerprint density at radius 3 is 2.73 bits per heavy atom. The molecule has 22 heavy (non-hydrogen) atoms. The molecule has 3 rings (SSSR count). The van der Waals surface area contributed by atoms with Crippen LogP contribution in [0.15, 0.2) is 24.3 Å². The maximum absolute atomic E-state index is 12.8. The first-order valence-electron chi connectivity index (χ1n) is 8.25. The van der Waals surface area contributed by atoms with Gasteiger partial charge < -0.3 is 9.80 Å². The van der Waals surface area contributed by atoms with Gasteiger partial charge in [0.25, 0.3) is 5.91 Å². The van der Waals surface area contributed by atoms with Crippen LogP contribution in [0.3, 0.4) is 0 Å². The zero-order chi connectivity index (χ0) is 15.7. The van der Waals surface area contributed by atoms with Crippen LogP contribution in [0.1, 0.15) is 55.5 Å². The van der Waals surface area contributed by atoms with Crippen molar-refractivity contribution >= 4 is 11.8 Å². The van der Waals surface area contributed by atoms with E-state index >= 15 is 0 Å². The minimum absolute atomic E-state index is 0.118. The minimum atomic E-state index is 0.118. The lowest BCUT2D eigenvalue weighted by molar-refractivity contribution is -0.128. The number of rotatable bonds is 5. The highest BCUT2D eigenvalue weighted by molar-refractivity contribution is 5.95. The molecule has 0 radical (unpaired) electrons. The van der Waals surface area contributed by atoms with Crippen molar-refractivity contribution in [2.75, 3.05) is 6.54 Å². The fraction of sp³-hybridized carbons (Fsp3) is 0.556. The summed E-state index contributed by atoms with van der Waals surface area (Å²) in [5.74, 6) is 0.339. The van der Waals surface area contributed by atoms with Gasteiger partial charge in [0.2, 0.25) is 5.91 Å². The molecule has 0 spiro atoms. The van der Waals surface area contributed by atoms with Crippen LogP contribution >= 0.6 is 0 Å². The van der Waals surface area contributed by atoms with Crippen LogP contribution in [0.5, 0.6) is 0 Å². The van der Waals surface area contributed by atoms with E-state index in [1.165, 1.54) is 0 Å². The summed E-state index contributed by atoms with van der Waals surface area (Å²) >= 11 is 0. The lowest BCUT2D eigenvalue weighted by Crippen LogP contribution is -2.38. The Bertz CT molecular complexity index is 576. The largest absolute Gasteiger partial charge is 0.338 e. The molecule has 1 saturated carbocycles. The second kappa shape index (κ2) is 6.11. The van der Waals surface area contributed by atoms with E-state index in [-0.39, 0.29) is 17.9 Å². The minimum Gasteiger partial charge on any atom is -0.338 e. The Hall–Kier alpha value is -1.84. The molecular formula is C18H24N2O2. The van der Waals surface area contributed by atoms with Crippen LogP contribution in [0, 0.1) is 0 Å². The third-order valence-corrected chi connectivity index (χ3v) is 4.45. The fourth-order valence-corrected chi connectivity index (χ4v) is 3.22. The molecular weight excluding hydrogens is 276 g/mol. The number of benzene rings is 1. The van der Waals surface area contributed by atoms with Gasteiger partial charge in [-0.1, -0.05) is 12.1 Å². The van der Waals surface area contributed by atoms with Crippen molar-refractivity contribution in [1.82, 2.24) is 9.80 Å².